The Hall–Kier alpha value is -9.23. The first-order valence-electron chi connectivity index (χ1n) is 43.7. The smallest absolute Gasteiger partial charge is 0.254 e. The van der Waals surface area contributed by atoms with Gasteiger partial charge in [-0.2, -0.15) is 0 Å². The van der Waals surface area contributed by atoms with Crippen molar-refractivity contribution in [1.29, 1.82) is 0 Å². The number of hydrogen-bond donors (Lipinski definition) is 0. The van der Waals surface area contributed by atoms with Crippen LogP contribution in [0.5, 0.6) is 5.75 Å². The fourth-order valence-electron chi connectivity index (χ4n) is 16.7. The van der Waals surface area contributed by atoms with E-state index >= 15 is 0 Å². The van der Waals surface area contributed by atoms with Crippen LogP contribution < -0.4 is 4.74 Å². The maximum absolute atomic E-state index is 13.5. The zero-order valence-corrected chi connectivity index (χ0v) is 77.5. The molecule has 3 saturated carbocycles. The fraction of sp³-hybridized carbons (Fsp3) is 0.458. The molecule has 8 heterocycles. The van der Waals surface area contributed by atoms with Crippen molar-refractivity contribution < 1.29 is 23.9 Å². The van der Waals surface area contributed by atoms with E-state index in [2.05, 4.69) is 134 Å². The number of nitrogens with zero attached hydrogens (tertiary/aromatic N) is 16. The topological polar surface area (TPSA) is 213 Å². The molecule has 640 valence electrons. The quantitative estimate of drug-likeness (QED) is 0.0370. The van der Waals surface area contributed by atoms with Crippen molar-refractivity contribution in [2.24, 2.45) is 11.8 Å². The molecule has 3 aliphatic carbocycles. The van der Waals surface area contributed by atoms with Crippen molar-refractivity contribution in [2.45, 2.75) is 242 Å². The van der Waals surface area contributed by atoms with Gasteiger partial charge in [-0.1, -0.05) is 190 Å². The van der Waals surface area contributed by atoms with Crippen LogP contribution >= 0.6 is 59.4 Å². The predicted molar refractivity (Wildman–Crippen MR) is 495 cm³/mol. The van der Waals surface area contributed by atoms with Gasteiger partial charge in [-0.25, -0.2) is 39.9 Å². The molecule has 121 heavy (non-hydrogen) atoms. The lowest BCUT2D eigenvalue weighted by atomic mass is 10.1. The van der Waals surface area contributed by atoms with Crippen LogP contribution in [0, 0.1) is 25.7 Å². The molecule has 4 amide bonds. The van der Waals surface area contributed by atoms with Crippen LogP contribution in [0.1, 0.15) is 271 Å². The largest absolute Gasteiger partial charge is 0.495 e. The second-order valence-corrected chi connectivity index (χ2v) is 36.2. The monoisotopic (exact) mass is 1850 g/mol. The molecule has 21 nitrogen and oxygen atoms in total. The van der Waals surface area contributed by atoms with Crippen LogP contribution in [-0.4, -0.2) is 135 Å². The molecule has 4 aromatic carbocycles. The summed E-state index contributed by atoms with van der Waals surface area (Å²) in [5, 5.41) is 0.426. The molecule has 0 saturated heterocycles. The average Bonchev–Trinajstić information content (AvgIpc) is 1.64. The number of aromatic nitrogens is 12. The molecule has 0 bridgehead atoms. The lowest BCUT2D eigenvalue weighted by Gasteiger charge is -2.26. The maximum Gasteiger partial charge on any atom is 0.254 e. The van der Waals surface area contributed by atoms with Gasteiger partial charge in [0, 0.05) is 111 Å². The number of rotatable bonds is 31. The molecule has 0 N–H and O–H groups in total. The lowest BCUT2D eigenvalue weighted by molar-refractivity contribution is 0.0711. The first-order chi connectivity index (χ1) is 58.6. The summed E-state index contributed by atoms with van der Waals surface area (Å²) in [5.74, 6) is 5.20. The van der Waals surface area contributed by atoms with Gasteiger partial charge in [0.2, 0.25) is 0 Å². The second kappa shape index (κ2) is 44.2. The molecule has 8 aromatic heterocycles. The Labute approximate surface area is 743 Å². The van der Waals surface area contributed by atoms with Crippen molar-refractivity contribution in [3.05, 3.63) is 227 Å². The Kier molecular flexibility index (Phi) is 33.2. The summed E-state index contributed by atoms with van der Waals surface area (Å²) in [5.41, 5.74) is 12.2. The van der Waals surface area contributed by atoms with E-state index in [0.29, 0.717) is 96.7 Å². The minimum absolute atomic E-state index is 0.0439. The zero-order chi connectivity index (χ0) is 85.6. The molecule has 12 aromatic rings. The molecule has 0 spiro atoms. The average molecular weight is 1850 g/mol. The van der Waals surface area contributed by atoms with Gasteiger partial charge in [0.1, 0.15) is 51.1 Å². The van der Waals surface area contributed by atoms with E-state index in [0.717, 1.165) is 208 Å². The van der Waals surface area contributed by atoms with Gasteiger partial charge >= 0.3 is 0 Å². The second-order valence-electron chi connectivity index (χ2n) is 33.2. The van der Waals surface area contributed by atoms with Gasteiger partial charge < -0.3 is 42.6 Å². The molecule has 0 aliphatic heterocycles. The summed E-state index contributed by atoms with van der Waals surface area (Å²) in [4.78, 5) is 99.4. The highest BCUT2D eigenvalue weighted by molar-refractivity contribution is 9.11. The number of aryl methyl sites for hydroxylation is 3. The summed E-state index contributed by atoms with van der Waals surface area (Å²) in [7, 11) is 1.56. The molecule has 0 atom stereocenters. The molecule has 3 aliphatic rings. The third-order valence-electron chi connectivity index (χ3n) is 23.1. The minimum Gasteiger partial charge on any atom is -0.495 e. The van der Waals surface area contributed by atoms with Crippen molar-refractivity contribution >= 4 is 128 Å². The predicted octanol–water partition coefficient (Wildman–Crippen LogP) is 23.7. The normalized spacial score (nSPS) is 13.7. The third kappa shape index (κ3) is 23.4. The van der Waals surface area contributed by atoms with Gasteiger partial charge in [-0.15, -0.1) is 0 Å². The highest BCUT2D eigenvalue weighted by Gasteiger charge is 2.32. The number of pyridine rings is 4. The van der Waals surface area contributed by atoms with Crippen LogP contribution in [-0.2, 0) is 32.7 Å². The first kappa shape index (κ1) is 91.0. The fourth-order valence-corrected chi connectivity index (χ4v) is 18.1. The number of benzene rings is 4. The zero-order valence-electron chi connectivity index (χ0n) is 72.0. The molecule has 0 radical (unpaired) electrons. The van der Waals surface area contributed by atoms with Crippen LogP contribution in [0.25, 0.3) is 44.7 Å². The summed E-state index contributed by atoms with van der Waals surface area (Å²) in [6.07, 6.45) is 30.0. The number of unbranched alkanes of at least 4 members (excludes halogenated alkanes) is 4. The van der Waals surface area contributed by atoms with E-state index in [1.807, 2.05) is 161 Å². The number of carbonyl (C=O) groups is 4. The van der Waals surface area contributed by atoms with E-state index in [4.69, 9.17) is 36.3 Å². The SMILES string of the molecule is CCCCCN(Cc1nc2cccnc2n1C1CCCC1)C(=O)c1ccc(C)c(Br)c1.CCCCCN(Cc1nc2cccnc2n1C1CCCC1)C(=O)c1cccc(Br)c1.CCCn1c(CN(CCC(C)C)C(=O)c2ccc(OC)c(Cl)c2)nc2cccnc21.Cc1ccc(C(=O)N(Cc2nc3cccnc3n2C2CCCC2)CC(C)C)cc1Br. The summed E-state index contributed by atoms with van der Waals surface area (Å²) in [6, 6.07) is 41.5. The molecule has 15 rings (SSSR count). The van der Waals surface area contributed by atoms with E-state index in [9.17, 15) is 19.2 Å². The number of hydrogen-bond acceptors (Lipinski definition) is 13. The molecule has 25 heteroatoms. The summed E-state index contributed by atoms with van der Waals surface area (Å²) >= 11 is 16.9. The van der Waals surface area contributed by atoms with Crippen molar-refractivity contribution in [3.8, 4) is 5.75 Å². The van der Waals surface area contributed by atoms with Crippen molar-refractivity contribution in [3.63, 3.8) is 0 Å². The van der Waals surface area contributed by atoms with Gasteiger partial charge in [0.25, 0.3) is 23.6 Å². The third-order valence-corrected chi connectivity index (χ3v) is 25.6. The van der Waals surface area contributed by atoms with E-state index in [-0.39, 0.29) is 23.6 Å². The van der Waals surface area contributed by atoms with Crippen molar-refractivity contribution in [2.75, 3.05) is 33.3 Å². The van der Waals surface area contributed by atoms with E-state index in [1.54, 1.807) is 31.5 Å². The Bertz CT molecular complexity index is 5470. The number of ether oxygens (including phenoxy) is 1. The van der Waals surface area contributed by atoms with Crippen LogP contribution in [0.4, 0.5) is 0 Å². The van der Waals surface area contributed by atoms with Crippen LogP contribution in [0.2, 0.25) is 5.02 Å². The Morgan fingerprint density at radius 3 is 1.21 bits per heavy atom. The molecule has 3 fully saturated rings. The first-order valence-corrected chi connectivity index (χ1v) is 46.4. The Morgan fingerprint density at radius 1 is 0.438 bits per heavy atom. The number of carbonyl (C=O) groups excluding carboxylic acids is 4. The lowest BCUT2D eigenvalue weighted by Crippen LogP contribution is -2.35. The Balaban J connectivity index is 0.000000148. The molecule has 0 unspecified atom stereocenters. The minimum atomic E-state index is -0.0664. The van der Waals surface area contributed by atoms with E-state index < -0.39 is 0 Å². The Morgan fingerprint density at radius 2 is 0.818 bits per heavy atom. The van der Waals surface area contributed by atoms with Gasteiger partial charge in [-0.05, 0) is 210 Å². The number of amides is 4. The summed E-state index contributed by atoms with van der Waals surface area (Å²) in [6.45, 7) is 24.7. The van der Waals surface area contributed by atoms with Crippen LogP contribution in [0.3, 0.4) is 0 Å². The molecular weight excluding hydrogens is 1730 g/mol. The highest BCUT2D eigenvalue weighted by atomic mass is 79.9. The van der Waals surface area contributed by atoms with Gasteiger partial charge in [-0.3, -0.25) is 19.2 Å². The molecular formula is C96H118Br3ClN16O5. The van der Waals surface area contributed by atoms with Crippen molar-refractivity contribution in [1.82, 2.24) is 77.7 Å². The number of methoxy groups -OCH3 is 1. The standard InChI is InChI=1S/C25H31BrN4O.2C24H29BrN4O.C23H29ClN4O2/c1-3-4-7-15-29(25(31)19-13-12-18(2)21(26)16-19)17-23-28-22-11-8-14-27-24(22)30(23)20-9-5-6-10-20;1-16(2)14-28(24(30)18-11-10-17(3)20(25)13-18)15-22-27-21-9-6-12-26-23(21)29(22)19-7-4-5-8-19;1-2-3-6-15-28(24(30)18-9-7-10-19(25)16-18)17-22-27-21-13-8-14-26-23(21)29(22)20-11-4-5-12-20;1-5-12-28-21(26-19-7-6-11-25-22(19)28)15-27(13-10-16(2)3)23(29)17-8-9-20(30-4)18(24)14-17/h8,11-14,16,20H,3-7,9-10,15,17H2,1-2H3;6,9-13,16,19H,4-5,7-8,14-15H2,1-3H3;7-10,13-14,16,20H,2-6,11-12,15,17H2,1H3;6-9,11,14,16H,5,10,12-13,15H2,1-4H3. The van der Waals surface area contributed by atoms with Gasteiger partial charge in [0.15, 0.2) is 22.6 Å². The number of halogens is 4. The highest BCUT2D eigenvalue weighted by Crippen LogP contribution is 2.38. The van der Waals surface area contributed by atoms with Crippen LogP contribution in [0.15, 0.2) is 166 Å². The van der Waals surface area contributed by atoms with E-state index in [1.165, 1.54) is 38.5 Å². The maximum atomic E-state index is 13.5. The van der Waals surface area contributed by atoms with Gasteiger partial charge in [0.05, 0.1) is 38.3 Å². The number of fused-ring (bicyclic) bond motifs is 4. The number of imidazole rings is 4. The summed E-state index contributed by atoms with van der Waals surface area (Å²) < 4.78 is 17.1.